The number of amides is 2. The van der Waals surface area contributed by atoms with Crippen LogP contribution in [0.1, 0.15) is 35.2 Å². The molecule has 3 heterocycles. The molecule has 2 aromatic rings. The maximum Gasteiger partial charge on any atom is 0.348 e. The minimum Gasteiger partial charge on any atom is -0.461 e. The molecule has 0 radical (unpaired) electrons. The summed E-state index contributed by atoms with van der Waals surface area (Å²) >= 11 is 1.26. The molecule has 2 aromatic heterocycles. The zero-order valence-electron chi connectivity index (χ0n) is 15.3. The first kappa shape index (κ1) is 19.2. The fourth-order valence-electron chi connectivity index (χ4n) is 3.05. The van der Waals surface area contributed by atoms with Gasteiger partial charge in [0.05, 0.1) is 4.88 Å². The predicted molar refractivity (Wildman–Crippen MR) is 100 cm³/mol. The number of carbonyl (C=O) groups excluding carboxylic acids is 3. The predicted octanol–water partition coefficient (Wildman–Crippen LogP) is 2.60. The highest BCUT2D eigenvalue weighted by molar-refractivity contribution is 7.17. The van der Waals surface area contributed by atoms with E-state index in [0.717, 1.165) is 23.5 Å². The van der Waals surface area contributed by atoms with E-state index in [2.05, 4.69) is 5.32 Å². The second kappa shape index (κ2) is 8.39. The van der Waals surface area contributed by atoms with Gasteiger partial charge in [0.2, 0.25) is 5.91 Å². The Balaban J connectivity index is 1.52. The van der Waals surface area contributed by atoms with Crippen LogP contribution >= 0.6 is 11.3 Å². The largest absolute Gasteiger partial charge is 0.461 e. The average Bonchev–Trinajstić information content (AvgIpc) is 3.28. The molecule has 3 rings (SSSR count). The van der Waals surface area contributed by atoms with E-state index in [1.54, 1.807) is 17.0 Å². The highest BCUT2D eigenvalue weighted by atomic mass is 32.1. The number of hydrogen-bond donors (Lipinski definition) is 1. The summed E-state index contributed by atoms with van der Waals surface area (Å²) in [6.45, 7) is 4.06. The number of carbonyl (C=O) groups is 3. The number of esters is 1. The number of nitrogens with one attached hydrogen (secondary N) is 1. The van der Waals surface area contributed by atoms with Gasteiger partial charge in [-0.15, -0.1) is 11.3 Å². The number of aryl methyl sites for hydroxylation is 1. The van der Waals surface area contributed by atoms with Crippen LogP contribution in [0.3, 0.4) is 0 Å². The van der Waals surface area contributed by atoms with E-state index in [0.29, 0.717) is 23.7 Å². The zero-order chi connectivity index (χ0) is 19.4. The van der Waals surface area contributed by atoms with E-state index in [-0.39, 0.29) is 24.5 Å². The Hall–Kier alpha value is -2.61. The highest BCUT2D eigenvalue weighted by Crippen LogP contribution is 2.29. The van der Waals surface area contributed by atoms with Crippen molar-refractivity contribution in [3.63, 3.8) is 0 Å². The van der Waals surface area contributed by atoms with Crippen LogP contribution in [0, 0.1) is 6.92 Å². The normalized spacial score (nSPS) is 16.8. The fourth-order valence-corrected chi connectivity index (χ4v) is 3.91. The molecular formula is C19H22N2O5S. The first-order chi connectivity index (χ1) is 12.9. The Bertz CT molecular complexity index is 841. The summed E-state index contributed by atoms with van der Waals surface area (Å²) in [5.74, 6) is 0.605. The molecule has 1 atom stereocenters. The van der Waals surface area contributed by atoms with Crippen molar-refractivity contribution >= 4 is 29.1 Å². The molecule has 1 saturated heterocycles. The number of piperidine rings is 1. The van der Waals surface area contributed by atoms with Crippen LogP contribution in [0.4, 0.5) is 0 Å². The summed E-state index contributed by atoms with van der Waals surface area (Å²) < 4.78 is 10.7. The van der Waals surface area contributed by atoms with Gasteiger partial charge in [0.15, 0.2) is 6.61 Å². The summed E-state index contributed by atoms with van der Waals surface area (Å²) in [7, 11) is 0. The van der Waals surface area contributed by atoms with E-state index < -0.39 is 5.97 Å². The summed E-state index contributed by atoms with van der Waals surface area (Å²) in [6.07, 6.45) is 1.65. The summed E-state index contributed by atoms with van der Waals surface area (Å²) in [5, 5.41) is 2.83. The molecule has 0 aromatic carbocycles. The number of rotatable bonds is 5. The molecule has 1 aliphatic heterocycles. The van der Waals surface area contributed by atoms with Gasteiger partial charge in [-0.1, -0.05) is 0 Å². The van der Waals surface area contributed by atoms with Crippen LogP contribution in [-0.2, 0) is 14.3 Å². The highest BCUT2D eigenvalue weighted by Gasteiger charge is 2.25. The van der Waals surface area contributed by atoms with Gasteiger partial charge in [-0.2, -0.15) is 0 Å². The van der Waals surface area contributed by atoms with Crippen molar-refractivity contribution in [3.8, 4) is 10.6 Å². The van der Waals surface area contributed by atoms with Gasteiger partial charge in [0, 0.05) is 26.1 Å². The zero-order valence-corrected chi connectivity index (χ0v) is 16.1. The lowest BCUT2D eigenvalue weighted by atomic mass is 10.1. The van der Waals surface area contributed by atoms with Gasteiger partial charge in [-0.05, 0) is 44.0 Å². The maximum absolute atomic E-state index is 12.3. The third-order valence-electron chi connectivity index (χ3n) is 4.30. The van der Waals surface area contributed by atoms with Gasteiger partial charge < -0.3 is 19.4 Å². The van der Waals surface area contributed by atoms with Gasteiger partial charge >= 0.3 is 5.97 Å². The standard InChI is InChI=1S/C19H22N2O5S/c1-12-5-6-15(26-12)16-7-8-17(27-16)19(24)25-11-18(23)21-9-3-4-14(10-21)20-13(2)22/h5-8,14H,3-4,9-11H2,1-2H3,(H,20,22). The summed E-state index contributed by atoms with van der Waals surface area (Å²) in [5.41, 5.74) is 0. The summed E-state index contributed by atoms with van der Waals surface area (Å²) in [4.78, 5) is 38.6. The van der Waals surface area contributed by atoms with E-state index in [9.17, 15) is 14.4 Å². The van der Waals surface area contributed by atoms with E-state index >= 15 is 0 Å². The molecule has 1 aliphatic rings. The van der Waals surface area contributed by atoms with Crippen LogP contribution in [0.5, 0.6) is 0 Å². The number of thiophene rings is 1. The number of likely N-dealkylation sites (tertiary alicyclic amines) is 1. The van der Waals surface area contributed by atoms with Crippen molar-refractivity contribution in [2.75, 3.05) is 19.7 Å². The number of furan rings is 1. The van der Waals surface area contributed by atoms with Crippen molar-refractivity contribution in [2.24, 2.45) is 0 Å². The van der Waals surface area contributed by atoms with Crippen LogP contribution in [-0.4, -0.2) is 48.4 Å². The molecule has 0 saturated carbocycles. The van der Waals surface area contributed by atoms with Gasteiger partial charge in [-0.3, -0.25) is 9.59 Å². The van der Waals surface area contributed by atoms with Crippen molar-refractivity contribution in [2.45, 2.75) is 32.7 Å². The lowest BCUT2D eigenvalue weighted by Crippen LogP contribution is -2.50. The van der Waals surface area contributed by atoms with E-state index in [1.165, 1.54) is 18.3 Å². The van der Waals surface area contributed by atoms with Gasteiger partial charge in [0.1, 0.15) is 16.4 Å². The Kier molecular flexibility index (Phi) is 5.95. The number of ether oxygens (including phenoxy) is 1. The molecule has 144 valence electrons. The molecule has 1 unspecified atom stereocenters. The van der Waals surface area contributed by atoms with E-state index in [4.69, 9.17) is 9.15 Å². The molecule has 1 fully saturated rings. The second-order valence-electron chi connectivity index (χ2n) is 6.53. The molecular weight excluding hydrogens is 368 g/mol. The average molecular weight is 390 g/mol. The van der Waals surface area contributed by atoms with Gasteiger partial charge in [0.25, 0.3) is 5.91 Å². The number of nitrogens with zero attached hydrogens (tertiary/aromatic N) is 1. The van der Waals surface area contributed by atoms with Gasteiger partial charge in [-0.25, -0.2) is 4.79 Å². The lowest BCUT2D eigenvalue weighted by molar-refractivity contribution is -0.136. The van der Waals surface area contributed by atoms with Crippen LogP contribution in [0.2, 0.25) is 0 Å². The Morgan fingerprint density at radius 3 is 2.81 bits per heavy atom. The van der Waals surface area contributed by atoms with Crippen molar-refractivity contribution in [3.05, 3.63) is 34.9 Å². The molecule has 8 heteroatoms. The lowest BCUT2D eigenvalue weighted by Gasteiger charge is -2.32. The SMILES string of the molecule is CC(=O)NC1CCCN(C(=O)COC(=O)c2ccc(-c3ccc(C)o3)s2)C1. The minimum atomic E-state index is -0.529. The quantitative estimate of drug-likeness (QED) is 0.793. The topological polar surface area (TPSA) is 88.9 Å². The monoisotopic (exact) mass is 390 g/mol. The van der Waals surface area contributed by atoms with Crippen molar-refractivity contribution < 1.29 is 23.5 Å². The molecule has 1 N–H and O–H groups in total. The molecule has 0 spiro atoms. The first-order valence-corrected chi connectivity index (χ1v) is 9.62. The van der Waals surface area contributed by atoms with Crippen molar-refractivity contribution in [1.29, 1.82) is 0 Å². The molecule has 0 bridgehead atoms. The third-order valence-corrected chi connectivity index (χ3v) is 5.38. The Labute approximate surface area is 161 Å². The Morgan fingerprint density at radius 1 is 1.30 bits per heavy atom. The number of hydrogen-bond acceptors (Lipinski definition) is 6. The summed E-state index contributed by atoms with van der Waals surface area (Å²) in [6, 6.07) is 7.12. The fraction of sp³-hybridized carbons (Fsp3) is 0.421. The third kappa shape index (κ3) is 4.97. The smallest absolute Gasteiger partial charge is 0.348 e. The van der Waals surface area contributed by atoms with Crippen LogP contribution < -0.4 is 5.32 Å². The van der Waals surface area contributed by atoms with Crippen molar-refractivity contribution in [1.82, 2.24) is 10.2 Å². The maximum atomic E-state index is 12.3. The van der Waals surface area contributed by atoms with Crippen LogP contribution in [0.15, 0.2) is 28.7 Å². The second-order valence-corrected chi connectivity index (χ2v) is 7.61. The van der Waals surface area contributed by atoms with E-state index in [1.807, 2.05) is 19.1 Å². The van der Waals surface area contributed by atoms with Crippen LogP contribution in [0.25, 0.3) is 10.6 Å². The molecule has 0 aliphatic carbocycles. The molecule has 2 amide bonds. The molecule has 7 nitrogen and oxygen atoms in total. The Morgan fingerprint density at radius 2 is 2.11 bits per heavy atom. The first-order valence-electron chi connectivity index (χ1n) is 8.81. The molecule has 27 heavy (non-hydrogen) atoms. The minimum absolute atomic E-state index is 0.0486.